The predicted octanol–water partition coefficient (Wildman–Crippen LogP) is 2.35. The number of hydrogen-bond donors (Lipinski definition) is 2. The smallest absolute Gasteiger partial charge is 0.239 e. The third-order valence-corrected chi connectivity index (χ3v) is 4.33. The Balaban J connectivity index is 1.64. The second-order valence-corrected chi connectivity index (χ2v) is 6.25. The van der Waals surface area contributed by atoms with Gasteiger partial charge in [-0.25, -0.2) is 0 Å². The van der Waals surface area contributed by atoms with Crippen LogP contribution < -0.4 is 15.4 Å². The second-order valence-electron chi connectivity index (χ2n) is 6.25. The average molecular weight is 326 g/mol. The van der Waals surface area contributed by atoms with Gasteiger partial charge in [-0.15, -0.1) is 0 Å². The lowest BCUT2D eigenvalue weighted by molar-refractivity contribution is -0.126. The van der Waals surface area contributed by atoms with Crippen LogP contribution in [0.3, 0.4) is 0 Å². The molecule has 2 N–H and O–H groups in total. The van der Waals surface area contributed by atoms with Crippen molar-refractivity contribution in [3.63, 3.8) is 0 Å². The summed E-state index contributed by atoms with van der Waals surface area (Å²) in [6.45, 7) is 1.88. The molecule has 3 rings (SSSR count). The number of rotatable bonds is 6. The maximum absolute atomic E-state index is 12.3. The van der Waals surface area contributed by atoms with Crippen molar-refractivity contribution < 1.29 is 14.3 Å². The molecule has 24 heavy (non-hydrogen) atoms. The van der Waals surface area contributed by atoms with Crippen molar-refractivity contribution in [3.8, 4) is 5.75 Å². The van der Waals surface area contributed by atoms with Crippen LogP contribution in [0.2, 0.25) is 0 Å². The molecule has 2 amide bonds. The number of amides is 2. The van der Waals surface area contributed by atoms with Crippen LogP contribution in [0.25, 0.3) is 10.8 Å². The quantitative estimate of drug-likeness (QED) is 0.856. The highest BCUT2D eigenvalue weighted by molar-refractivity contribution is 5.90. The molecule has 0 unspecified atom stereocenters. The molecule has 2 aromatic rings. The van der Waals surface area contributed by atoms with E-state index < -0.39 is 0 Å². The summed E-state index contributed by atoms with van der Waals surface area (Å²) in [6.07, 6.45) is 2.08. The van der Waals surface area contributed by atoms with Crippen LogP contribution in [0, 0.1) is 0 Å². The van der Waals surface area contributed by atoms with E-state index in [9.17, 15) is 9.59 Å². The zero-order valence-corrected chi connectivity index (χ0v) is 14.0. The van der Waals surface area contributed by atoms with Gasteiger partial charge in [-0.05, 0) is 48.2 Å². The summed E-state index contributed by atoms with van der Waals surface area (Å²) >= 11 is 0. The van der Waals surface area contributed by atoms with Gasteiger partial charge in [-0.3, -0.25) is 9.59 Å². The lowest BCUT2D eigenvalue weighted by atomic mass is 9.97. The molecule has 1 aliphatic carbocycles. The molecule has 1 aliphatic rings. The molecule has 0 spiro atoms. The Bertz CT molecular complexity index is 768. The maximum Gasteiger partial charge on any atom is 0.239 e. The van der Waals surface area contributed by atoms with Crippen molar-refractivity contribution in [2.75, 3.05) is 13.7 Å². The first-order valence-electron chi connectivity index (χ1n) is 8.21. The minimum absolute atomic E-state index is 0.0322. The van der Waals surface area contributed by atoms with Gasteiger partial charge < -0.3 is 15.4 Å². The summed E-state index contributed by atoms with van der Waals surface area (Å²) in [5.74, 6) is 0.227. The monoisotopic (exact) mass is 326 g/mol. The minimum atomic E-state index is -0.315. The molecule has 0 aromatic heterocycles. The fraction of sp³-hybridized carbons (Fsp3) is 0.368. The Morgan fingerprint density at radius 3 is 2.58 bits per heavy atom. The van der Waals surface area contributed by atoms with Crippen LogP contribution in [0.1, 0.15) is 31.2 Å². The molecule has 0 radical (unpaired) electrons. The highest BCUT2D eigenvalue weighted by Gasteiger charge is 2.23. The molecule has 2 aromatic carbocycles. The van der Waals surface area contributed by atoms with Gasteiger partial charge in [-0.1, -0.05) is 24.3 Å². The van der Waals surface area contributed by atoms with Crippen LogP contribution >= 0.6 is 0 Å². The third kappa shape index (κ3) is 3.85. The number of carbonyl (C=O) groups is 2. The van der Waals surface area contributed by atoms with Crippen molar-refractivity contribution in [2.24, 2.45) is 0 Å². The second kappa shape index (κ2) is 6.91. The highest BCUT2D eigenvalue weighted by Crippen LogP contribution is 2.25. The maximum atomic E-state index is 12.3. The molecule has 0 bridgehead atoms. The van der Waals surface area contributed by atoms with E-state index >= 15 is 0 Å². The summed E-state index contributed by atoms with van der Waals surface area (Å²) in [7, 11) is 1.64. The molecule has 0 saturated heterocycles. The Morgan fingerprint density at radius 1 is 1.17 bits per heavy atom. The first-order chi connectivity index (χ1) is 11.6. The minimum Gasteiger partial charge on any atom is -0.497 e. The van der Waals surface area contributed by atoms with E-state index in [0.717, 1.165) is 34.9 Å². The van der Waals surface area contributed by atoms with Crippen molar-refractivity contribution >= 4 is 22.6 Å². The van der Waals surface area contributed by atoms with Gasteiger partial charge >= 0.3 is 0 Å². The Hall–Kier alpha value is -2.56. The summed E-state index contributed by atoms with van der Waals surface area (Å²) in [5, 5.41) is 7.69. The van der Waals surface area contributed by atoms with Crippen LogP contribution in [0.5, 0.6) is 5.75 Å². The normalized spacial score (nSPS) is 14.9. The van der Waals surface area contributed by atoms with Crippen LogP contribution in [0.4, 0.5) is 0 Å². The SMILES string of the molecule is COc1ccc2cc([C@H](C)C(=O)NCC(=O)NC3CC3)ccc2c1. The van der Waals surface area contributed by atoms with Gasteiger partial charge in [0.1, 0.15) is 5.75 Å². The van der Waals surface area contributed by atoms with Gasteiger partial charge in [0.05, 0.1) is 19.6 Å². The molecular weight excluding hydrogens is 304 g/mol. The lowest BCUT2D eigenvalue weighted by Crippen LogP contribution is -2.39. The van der Waals surface area contributed by atoms with E-state index in [4.69, 9.17) is 4.74 Å². The Morgan fingerprint density at radius 2 is 1.88 bits per heavy atom. The van der Waals surface area contributed by atoms with E-state index in [1.54, 1.807) is 7.11 Å². The third-order valence-electron chi connectivity index (χ3n) is 4.33. The predicted molar refractivity (Wildman–Crippen MR) is 93.1 cm³/mol. The number of nitrogens with one attached hydrogen (secondary N) is 2. The summed E-state index contributed by atoms with van der Waals surface area (Å²) in [5.41, 5.74) is 0.924. The first-order valence-corrected chi connectivity index (χ1v) is 8.21. The number of benzene rings is 2. The largest absolute Gasteiger partial charge is 0.497 e. The van der Waals surface area contributed by atoms with Gasteiger partial charge in [0, 0.05) is 6.04 Å². The van der Waals surface area contributed by atoms with Gasteiger partial charge in [0.25, 0.3) is 0 Å². The van der Waals surface area contributed by atoms with Crippen molar-refractivity contribution in [3.05, 3.63) is 42.0 Å². The van der Waals surface area contributed by atoms with E-state index in [-0.39, 0.29) is 24.3 Å². The molecule has 1 atom stereocenters. The zero-order chi connectivity index (χ0) is 17.1. The van der Waals surface area contributed by atoms with Crippen LogP contribution in [-0.2, 0) is 9.59 Å². The zero-order valence-electron chi connectivity index (χ0n) is 14.0. The van der Waals surface area contributed by atoms with Gasteiger partial charge in [0.2, 0.25) is 11.8 Å². The number of fused-ring (bicyclic) bond motifs is 1. The molecule has 0 heterocycles. The fourth-order valence-electron chi connectivity index (χ4n) is 2.62. The molecule has 5 heteroatoms. The molecule has 126 valence electrons. The number of ether oxygens (including phenoxy) is 1. The summed E-state index contributed by atoms with van der Waals surface area (Å²) in [6, 6.07) is 12.1. The molecular formula is C19H22N2O3. The first kappa shape index (κ1) is 16.3. The van der Waals surface area contributed by atoms with E-state index in [0.29, 0.717) is 6.04 Å². The van der Waals surface area contributed by atoms with E-state index in [1.807, 2.05) is 43.3 Å². The van der Waals surface area contributed by atoms with Crippen LogP contribution in [-0.4, -0.2) is 31.5 Å². The fourth-order valence-corrected chi connectivity index (χ4v) is 2.62. The van der Waals surface area contributed by atoms with Crippen LogP contribution in [0.15, 0.2) is 36.4 Å². The van der Waals surface area contributed by atoms with E-state index in [1.165, 1.54) is 0 Å². The Labute approximate surface area is 141 Å². The van der Waals surface area contributed by atoms with E-state index in [2.05, 4.69) is 10.6 Å². The number of hydrogen-bond acceptors (Lipinski definition) is 3. The van der Waals surface area contributed by atoms with Gasteiger partial charge in [0.15, 0.2) is 0 Å². The summed E-state index contributed by atoms with van der Waals surface area (Å²) < 4.78 is 5.22. The molecule has 1 fully saturated rings. The highest BCUT2D eigenvalue weighted by atomic mass is 16.5. The summed E-state index contributed by atoms with van der Waals surface area (Å²) in [4.78, 5) is 23.9. The molecule has 5 nitrogen and oxygen atoms in total. The average Bonchev–Trinajstić information content (AvgIpc) is 3.41. The van der Waals surface area contributed by atoms with Crippen molar-refractivity contribution in [2.45, 2.75) is 31.7 Å². The molecule has 1 saturated carbocycles. The van der Waals surface area contributed by atoms with Gasteiger partial charge in [-0.2, -0.15) is 0 Å². The number of methoxy groups -OCH3 is 1. The van der Waals surface area contributed by atoms with Crippen molar-refractivity contribution in [1.29, 1.82) is 0 Å². The molecule has 0 aliphatic heterocycles. The van der Waals surface area contributed by atoms with Crippen molar-refractivity contribution in [1.82, 2.24) is 10.6 Å². The standard InChI is InChI=1S/C19H22N2O3/c1-12(19(23)20-11-18(22)21-16-6-7-16)13-3-4-15-10-17(24-2)8-5-14(15)9-13/h3-5,8-10,12,16H,6-7,11H2,1-2H3,(H,20,23)(H,21,22)/t12-/m0/s1. The lowest BCUT2D eigenvalue weighted by Gasteiger charge is -2.13. The topological polar surface area (TPSA) is 67.4 Å². The Kier molecular flexibility index (Phi) is 4.69. The number of carbonyl (C=O) groups excluding carboxylic acids is 2.